The molecular weight excluding hydrogens is 136 g/mol. The fraction of sp³-hybridized carbons (Fsp3) is 0.444. The highest BCUT2D eigenvalue weighted by Gasteiger charge is 2.11. The van der Waals surface area contributed by atoms with Crippen LogP contribution in [0.5, 0.6) is 0 Å². The maximum absolute atomic E-state index is 4.13. The Labute approximate surface area is 67.7 Å². The average Bonchev–Trinajstić information content (AvgIpc) is 1.92. The third-order valence-corrected chi connectivity index (χ3v) is 1.49. The maximum Gasteiger partial charge on any atom is 0.0665 e. The summed E-state index contributed by atoms with van der Waals surface area (Å²) in [6.45, 7) is 6.21. The van der Waals surface area contributed by atoms with Crippen LogP contribution in [0.1, 0.15) is 20.8 Å². The van der Waals surface area contributed by atoms with Crippen LogP contribution in [0.15, 0.2) is 29.0 Å². The Morgan fingerprint density at radius 2 is 2.18 bits per heavy atom. The number of aliphatic imine (C=N–C) groups is 1. The van der Waals surface area contributed by atoms with Crippen molar-refractivity contribution in [3.8, 4) is 0 Å². The topological polar surface area (TPSA) is 24.4 Å². The predicted octanol–water partition coefficient (Wildman–Crippen LogP) is 1.86. The van der Waals surface area contributed by atoms with Gasteiger partial charge in [0.25, 0.3) is 0 Å². The van der Waals surface area contributed by atoms with E-state index >= 15 is 0 Å². The summed E-state index contributed by atoms with van der Waals surface area (Å²) in [6, 6.07) is 0. The summed E-state index contributed by atoms with van der Waals surface area (Å²) in [5.41, 5.74) is 1.15. The molecule has 2 nitrogen and oxygen atoms in total. The molecule has 0 aromatic heterocycles. The molecule has 0 amide bonds. The highest BCUT2D eigenvalue weighted by molar-refractivity contribution is 5.70. The third-order valence-electron chi connectivity index (χ3n) is 1.49. The van der Waals surface area contributed by atoms with Crippen LogP contribution in [0.2, 0.25) is 0 Å². The molecule has 0 aromatic rings. The molecule has 1 heterocycles. The molecule has 11 heavy (non-hydrogen) atoms. The van der Waals surface area contributed by atoms with Gasteiger partial charge in [-0.2, -0.15) is 0 Å². The fourth-order valence-corrected chi connectivity index (χ4v) is 0.775. The summed E-state index contributed by atoms with van der Waals surface area (Å²) in [4.78, 5) is 4.13. The third kappa shape index (κ3) is 2.58. The van der Waals surface area contributed by atoms with E-state index in [0.717, 1.165) is 0 Å². The standard InChI is InChI=1S/C9H14N2/c1-8-4-5-10-7-9(2,3)11-6-8/h4-7,11H,1-3H3. The number of allylic oxidation sites excluding steroid dienone is 2. The normalized spacial score (nSPS) is 21.5. The Hall–Kier alpha value is -1.05. The molecule has 0 spiro atoms. The van der Waals surface area contributed by atoms with Crippen molar-refractivity contribution in [3.05, 3.63) is 24.0 Å². The zero-order valence-electron chi connectivity index (χ0n) is 7.26. The Balaban J connectivity index is 2.83. The van der Waals surface area contributed by atoms with Crippen LogP contribution in [0, 0.1) is 0 Å². The van der Waals surface area contributed by atoms with Gasteiger partial charge < -0.3 is 5.32 Å². The Morgan fingerprint density at radius 1 is 1.45 bits per heavy atom. The van der Waals surface area contributed by atoms with Crippen molar-refractivity contribution in [2.45, 2.75) is 26.3 Å². The molecule has 0 aromatic carbocycles. The van der Waals surface area contributed by atoms with Crippen LogP contribution in [0.25, 0.3) is 0 Å². The van der Waals surface area contributed by atoms with E-state index < -0.39 is 0 Å². The number of hydrogen-bond donors (Lipinski definition) is 1. The van der Waals surface area contributed by atoms with Gasteiger partial charge in [-0.3, -0.25) is 4.99 Å². The lowest BCUT2D eigenvalue weighted by atomic mass is 10.1. The minimum Gasteiger partial charge on any atom is -0.381 e. The van der Waals surface area contributed by atoms with E-state index in [9.17, 15) is 0 Å². The highest BCUT2D eigenvalue weighted by atomic mass is 15.0. The van der Waals surface area contributed by atoms with Crippen molar-refractivity contribution in [2.24, 2.45) is 4.99 Å². The van der Waals surface area contributed by atoms with Gasteiger partial charge in [-0.05, 0) is 32.4 Å². The number of nitrogens with zero attached hydrogens (tertiary/aromatic N) is 1. The molecule has 0 radical (unpaired) electrons. The zero-order chi connectivity index (χ0) is 8.32. The molecular formula is C9H14N2. The summed E-state index contributed by atoms with van der Waals surface area (Å²) < 4.78 is 0. The SMILES string of the molecule is CC1=CNC(C)(C)C=NC=C1. The second-order valence-electron chi connectivity index (χ2n) is 3.35. The fourth-order valence-electron chi connectivity index (χ4n) is 0.775. The number of hydrogen-bond acceptors (Lipinski definition) is 2. The highest BCUT2D eigenvalue weighted by Crippen LogP contribution is 2.03. The van der Waals surface area contributed by atoms with Crippen molar-refractivity contribution in [1.29, 1.82) is 0 Å². The largest absolute Gasteiger partial charge is 0.381 e. The molecule has 2 heteroatoms. The first-order chi connectivity index (χ1) is 5.10. The van der Waals surface area contributed by atoms with Crippen molar-refractivity contribution >= 4 is 6.21 Å². The Kier molecular flexibility index (Phi) is 2.13. The smallest absolute Gasteiger partial charge is 0.0665 e. The lowest BCUT2D eigenvalue weighted by Crippen LogP contribution is -2.37. The lowest BCUT2D eigenvalue weighted by Gasteiger charge is -2.20. The first kappa shape index (κ1) is 8.05. The van der Waals surface area contributed by atoms with Crippen LogP contribution in [0.4, 0.5) is 0 Å². The van der Waals surface area contributed by atoms with Crippen LogP contribution in [-0.4, -0.2) is 11.8 Å². The van der Waals surface area contributed by atoms with Gasteiger partial charge in [0.2, 0.25) is 0 Å². The van der Waals surface area contributed by atoms with E-state index in [1.54, 1.807) is 0 Å². The number of nitrogens with one attached hydrogen (secondary N) is 1. The van der Waals surface area contributed by atoms with E-state index in [0.29, 0.717) is 0 Å². The van der Waals surface area contributed by atoms with E-state index in [-0.39, 0.29) is 5.54 Å². The van der Waals surface area contributed by atoms with Crippen molar-refractivity contribution in [3.63, 3.8) is 0 Å². The quantitative estimate of drug-likeness (QED) is 0.560. The van der Waals surface area contributed by atoms with Gasteiger partial charge >= 0.3 is 0 Å². The maximum atomic E-state index is 4.13. The summed E-state index contributed by atoms with van der Waals surface area (Å²) >= 11 is 0. The second kappa shape index (κ2) is 2.91. The van der Waals surface area contributed by atoms with E-state index in [2.05, 4.69) is 24.2 Å². The average molecular weight is 150 g/mol. The van der Waals surface area contributed by atoms with Crippen LogP contribution >= 0.6 is 0 Å². The molecule has 0 aliphatic carbocycles. The zero-order valence-corrected chi connectivity index (χ0v) is 7.26. The monoisotopic (exact) mass is 150 g/mol. The molecule has 1 N–H and O–H groups in total. The molecule has 1 aliphatic rings. The first-order valence-corrected chi connectivity index (χ1v) is 3.75. The first-order valence-electron chi connectivity index (χ1n) is 3.75. The summed E-state index contributed by atoms with van der Waals surface area (Å²) in [6.07, 6.45) is 7.68. The molecule has 1 rings (SSSR count). The van der Waals surface area contributed by atoms with Crippen LogP contribution in [-0.2, 0) is 0 Å². The lowest BCUT2D eigenvalue weighted by molar-refractivity contribution is 0.600. The van der Waals surface area contributed by atoms with Crippen LogP contribution in [0.3, 0.4) is 0 Å². The van der Waals surface area contributed by atoms with Gasteiger partial charge in [0.05, 0.1) is 5.54 Å². The molecule has 0 fully saturated rings. The molecule has 1 aliphatic heterocycles. The van der Waals surface area contributed by atoms with Gasteiger partial charge in [-0.15, -0.1) is 0 Å². The van der Waals surface area contributed by atoms with Crippen molar-refractivity contribution in [1.82, 2.24) is 5.32 Å². The van der Waals surface area contributed by atoms with E-state index in [4.69, 9.17) is 0 Å². The van der Waals surface area contributed by atoms with Gasteiger partial charge in [0, 0.05) is 18.6 Å². The van der Waals surface area contributed by atoms with Gasteiger partial charge in [-0.1, -0.05) is 0 Å². The summed E-state index contributed by atoms with van der Waals surface area (Å²) in [7, 11) is 0. The predicted molar refractivity (Wildman–Crippen MR) is 48.6 cm³/mol. The molecule has 0 saturated heterocycles. The van der Waals surface area contributed by atoms with E-state index in [1.807, 2.05) is 31.6 Å². The Bertz CT molecular complexity index is 222. The molecule has 0 atom stereocenters. The minimum absolute atomic E-state index is 0.0357. The van der Waals surface area contributed by atoms with Crippen molar-refractivity contribution < 1.29 is 0 Å². The molecule has 0 bridgehead atoms. The van der Waals surface area contributed by atoms with Gasteiger partial charge in [0.1, 0.15) is 0 Å². The minimum atomic E-state index is -0.0357. The summed E-state index contributed by atoms with van der Waals surface area (Å²) in [5.74, 6) is 0. The molecule has 60 valence electrons. The molecule has 0 unspecified atom stereocenters. The van der Waals surface area contributed by atoms with Crippen molar-refractivity contribution in [2.75, 3.05) is 0 Å². The number of rotatable bonds is 0. The van der Waals surface area contributed by atoms with Crippen LogP contribution < -0.4 is 5.32 Å². The second-order valence-corrected chi connectivity index (χ2v) is 3.35. The Morgan fingerprint density at radius 3 is 2.91 bits per heavy atom. The van der Waals surface area contributed by atoms with E-state index in [1.165, 1.54) is 5.57 Å². The summed E-state index contributed by atoms with van der Waals surface area (Å²) in [5, 5.41) is 3.25. The molecule has 0 saturated carbocycles. The van der Waals surface area contributed by atoms with Gasteiger partial charge in [0.15, 0.2) is 0 Å². The van der Waals surface area contributed by atoms with Gasteiger partial charge in [-0.25, -0.2) is 0 Å².